The Kier molecular flexibility index (Phi) is 7.76. The van der Waals surface area contributed by atoms with E-state index in [-0.39, 0.29) is 5.97 Å². The summed E-state index contributed by atoms with van der Waals surface area (Å²) in [6, 6.07) is 25.8. The first-order chi connectivity index (χ1) is 14.3. The second-order valence-electron chi connectivity index (χ2n) is 6.99. The Bertz CT molecular complexity index is 913. The molecule has 0 aliphatic carbocycles. The number of carbonyl (C=O) groups excluding carboxylic acids is 1. The van der Waals surface area contributed by atoms with Gasteiger partial charge in [0.25, 0.3) is 0 Å². The van der Waals surface area contributed by atoms with Crippen LogP contribution in [0.2, 0.25) is 0 Å². The normalized spacial score (nSPS) is 10.9. The van der Waals surface area contributed by atoms with Gasteiger partial charge in [-0.3, -0.25) is 4.99 Å². The molecule has 0 unspecified atom stereocenters. The number of rotatable bonds is 9. The van der Waals surface area contributed by atoms with Gasteiger partial charge in [0.15, 0.2) is 0 Å². The molecule has 0 radical (unpaired) electrons. The lowest BCUT2D eigenvalue weighted by molar-refractivity contribution is 0.0498. The molecule has 0 aromatic heterocycles. The van der Waals surface area contributed by atoms with E-state index in [4.69, 9.17) is 4.74 Å². The number of ether oxygens (including phenoxy) is 1. The third-order valence-electron chi connectivity index (χ3n) is 4.71. The van der Waals surface area contributed by atoms with E-state index in [1.54, 1.807) is 12.1 Å². The lowest BCUT2D eigenvalue weighted by Crippen LogP contribution is -2.06. The van der Waals surface area contributed by atoms with E-state index in [2.05, 4.69) is 48.3 Å². The fraction of sp³-hybridized carbons (Fsp3) is 0.231. The van der Waals surface area contributed by atoms with Gasteiger partial charge in [0.1, 0.15) is 0 Å². The molecule has 0 saturated carbocycles. The average molecular weight is 386 g/mol. The molecule has 0 aliphatic rings. The topological polar surface area (TPSA) is 38.7 Å². The molecule has 148 valence electrons. The molecule has 3 heteroatoms. The molecule has 3 rings (SSSR count). The Morgan fingerprint density at radius 1 is 0.828 bits per heavy atom. The Balaban J connectivity index is 1.54. The van der Waals surface area contributed by atoms with E-state index in [0.29, 0.717) is 12.2 Å². The van der Waals surface area contributed by atoms with Crippen molar-refractivity contribution in [2.24, 2.45) is 4.99 Å². The van der Waals surface area contributed by atoms with E-state index < -0.39 is 0 Å². The average Bonchev–Trinajstić information content (AvgIpc) is 2.79. The van der Waals surface area contributed by atoms with Gasteiger partial charge < -0.3 is 4.74 Å². The van der Waals surface area contributed by atoms with Gasteiger partial charge in [-0.2, -0.15) is 0 Å². The van der Waals surface area contributed by atoms with Crippen molar-refractivity contribution in [3.8, 4) is 11.1 Å². The summed E-state index contributed by atoms with van der Waals surface area (Å²) < 4.78 is 5.31. The fourth-order valence-electron chi connectivity index (χ4n) is 3.00. The standard InChI is InChI=1S/C26H27NO2/c1-2-3-4-8-19-29-26(28)24-15-17-25(18-16-24)27-20-21-11-13-23(14-12-21)22-9-6-5-7-10-22/h5-7,9-18,20H,2-4,8,19H2,1H3. The summed E-state index contributed by atoms with van der Waals surface area (Å²) in [6.07, 6.45) is 6.21. The van der Waals surface area contributed by atoms with E-state index in [1.165, 1.54) is 24.0 Å². The zero-order chi connectivity index (χ0) is 20.3. The number of unbranched alkanes of at least 4 members (excludes halogenated alkanes) is 3. The van der Waals surface area contributed by atoms with Crippen LogP contribution in [0.15, 0.2) is 83.9 Å². The van der Waals surface area contributed by atoms with Crippen LogP contribution in [0.25, 0.3) is 11.1 Å². The first-order valence-corrected chi connectivity index (χ1v) is 10.2. The highest BCUT2D eigenvalue weighted by Crippen LogP contribution is 2.19. The molecule has 0 atom stereocenters. The molecular formula is C26H27NO2. The van der Waals surface area contributed by atoms with Crippen molar-refractivity contribution in [1.82, 2.24) is 0 Å². The third kappa shape index (κ3) is 6.42. The van der Waals surface area contributed by atoms with Crippen molar-refractivity contribution in [1.29, 1.82) is 0 Å². The highest BCUT2D eigenvalue weighted by molar-refractivity contribution is 5.90. The van der Waals surface area contributed by atoms with Crippen molar-refractivity contribution in [3.05, 3.63) is 90.0 Å². The number of nitrogens with zero attached hydrogens (tertiary/aromatic N) is 1. The van der Waals surface area contributed by atoms with Gasteiger partial charge in [0.2, 0.25) is 0 Å². The van der Waals surface area contributed by atoms with Crippen LogP contribution < -0.4 is 0 Å². The molecule has 0 spiro atoms. The van der Waals surface area contributed by atoms with Gasteiger partial charge in [-0.05, 0) is 47.4 Å². The predicted molar refractivity (Wildman–Crippen MR) is 120 cm³/mol. The van der Waals surface area contributed by atoms with Crippen molar-refractivity contribution in [3.63, 3.8) is 0 Å². The predicted octanol–water partition coefficient (Wildman–Crippen LogP) is 6.84. The van der Waals surface area contributed by atoms with Crippen LogP contribution >= 0.6 is 0 Å². The Labute approximate surface area is 173 Å². The lowest BCUT2D eigenvalue weighted by atomic mass is 10.0. The van der Waals surface area contributed by atoms with Gasteiger partial charge >= 0.3 is 5.97 Å². The summed E-state index contributed by atoms with van der Waals surface area (Å²) in [5, 5.41) is 0. The first kappa shape index (κ1) is 20.5. The van der Waals surface area contributed by atoms with Crippen LogP contribution in [0.4, 0.5) is 5.69 Å². The maximum absolute atomic E-state index is 12.1. The van der Waals surface area contributed by atoms with Crippen molar-refractivity contribution in [2.45, 2.75) is 32.6 Å². The molecule has 29 heavy (non-hydrogen) atoms. The molecule has 0 saturated heterocycles. The van der Waals surface area contributed by atoms with Gasteiger partial charge in [0, 0.05) is 6.21 Å². The Hall–Kier alpha value is -3.20. The van der Waals surface area contributed by atoms with Gasteiger partial charge in [-0.15, -0.1) is 0 Å². The Morgan fingerprint density at radius 2 is 1.52 bits per heavy atom. The molecule has 0 N–H and O–H groups in total. The summed E-state index contributed by atoms with van der Waals surface area (Å²) >= 11 is 0. The highest BCUT2D eigenvalue weighted by Gasteiger charge is 2.06. The Morgan fingerprint density at radius 3 is 2.21 bits per heavy atom. The molecule has 3 aromatic rings. The molecule has 0 heterocycles. The second-order valence-corrected chi connectivity index (χ2v) is 6.99. The van der Waals surface area contributed by atoms with Crippen LogP contribution in [-0.2, 0) is 4.74 Å². The van der Waals surface area contributed by atoms with E-state index >= 15 is 0 Å². The summed E-state index contributed by atoms with van der Waals surface area (Å²) in [5.74, 6) is -0.270. The van der Waals surface area contributed by atoms with Crippen LogP contribution in [0.1, 0.15) is 48.5 Å². The monoisotopic (exact) mass is 385 g/mol. The van der Waals surface area contributed by atoms with E-state index in [0.717, 1.165) is 24.1 Å². The maximum Gasteiger partial charge on any atom is 0.338 e. The van der Waals surface area contributed by atoms with Crippen molar-refractivity contribution >= 4 is 17.9 Å². The first-order valence-electron chi connectivity index (χ1n) is 10.2. The number of esters is 1. The minimum absolute atomic E-state index is 0.270. The smallest absolute Gasteiger partial charge is 0.338 e. The maximum atomic E-state index is 12.1. The van der Waals surface area contributed by atoms with Gasteiger partial charge in [-0.1, -0.05) is 80.8 Å². The van der Waals surface area contributed by atoms with Crippen molar-refractivity contribution < 1.29 is 9.53 Å². The molecular weight excluding hydrogens is 358 g/mol. The number of benzene rings is 3. The van der Waals surface area contributed by atoms with Crippen LogP contribution in [-0.4, -0.2) is 18.8 Å². The largest absolute Gasteiger partial charge is 0.462 e. The molecule has 0 aliphatic heterocycles. The zero-order valence-corrected chi connectivity index (χ0v) is 16.9. The van der Waals surface area contributed by atoms with Crippen LogP contribution in [0, 0.1) is 0 Å². The summed E-state index contributed by atoms with van der Waals surface area (Å²) in [4.78, 5) is 16.6. The van der Waals surface area contributed by atoms with Crippen LogP contribution in [0.3, 0.4) is 0 Å². The minimum Gasteiger partial charge on any atom is -0.462 e. The summed E-state index contributed by atoms with van der Waals surface area (Å²) in [5.41, 5.74) is 4.77. The molecule has 0 fully saturated rings. The SMILES string of the molecule is CCCCCCOC(=O)c1ccc(N=Cc2ccc(-c3ccccc3)cc2)cc1. The molecule has 0 bridgehead atoms. The lowest BCUT2D eigenvalue weighted by Gasteiger charge is -2.05. The van der Waals surface area contributed by atoms with E-state index in [9.17, 15) is 4.79 Å². The van der Waals surface area contributed by atoms with E-state index in [1.807, 2.05) is 36.5 Å². The molecule has 0 amide bonds. The molecule has 3 aromatic carbocycles. The number of hydrogen-bond donors (Lipinski definition) is 0. The van der Waals surface area contributed by atoms with Crippen molar-refractivity contribution in [2.75, 3.05) is 6.61 Å². The van der Waals surface area contributed by atoms with Gasteiger partial charge in [-0.25, -0.2) is 4.79 Å². The second kappa shape index (κ2) is 11.0. The molecule has 3 nitrogen and oxygen atoms in total. The summed E-state index contributed by atoms with van der Waals surface area (Å²) in [7, 11) is 0. The zero-order valence-electron chi connectivity index (χ0n) is 16.9. The summed E-state index contributed by atoms with van der Waals surface area (Å²) in [6.45, 7) is 2.65. The van der Waals surface area contributed by atoms with Gasteiger partial charge in [0.05, 0.1) is 17.9 Å². The quantitative estimate of drug-likeness (QED) is 0.230. The number of aliphatic imine (C=N–C) groups is 1. The third-order valence-corrected chi connectivity index (χ3v) is 4.71. The number of carbonyl (C=O) groups is 1. The minimum atomic E-state index is -0.270. The highest BCUT2D eigenvalue weighted by atomic mass is 16.5. The fourth-order valence-corrected chi connectivity index (χ4v) is 3.00. The number of hydrogen-bond acceptors (Lipinski definition) is 3. The van der Waals surface area contributed by atoms with Crippen LogP contribution in [0.5, 0.6) is 0 Å².